The van der Waals surface area contributed by atoms with Crippen molar-refractivity contribution in [3.8, 4) is 0 Å². The van der Waals surface area contributed by atoms with Crippen LogP contribution in [-0.4, -0.2) is 23.0 Å². The fraction of sp³-hybridized carbons (Fsp3) is 0.688. The molecule has 2 N–H and O–H groups in total. The first kappa shape index (κ1) is 13.1. The Kier molecular flexibility index (Phi) is 3.85. The first-order chi connectivity index (χ1) is 9.30. The third-order valence-corrected chi connectivity index (χ3v) is 5.08. The van der Waals surface area contributed by atoms with E-state index in [0.29, 0.717) is 6.54 Å². The first-order valence-corrected chi connectivity index (χ1v) is 7.66. The molecule has 0 radical (unpaired) electrons. The lowest BCUT2D eigenvalue weighted by Gasteiger charge is -2.39. The van der Waals surface area contributed by atoms with Gasteiger partial charge in [0.15, 0.2) is 0 Å². The van der Waals surface area contributed by atoms with E-state index >= 15 is 0 Å². The largest absolute Gasteiger partial charge is 0.325 e. The second-order valence-electron chi connectivity index (χ2n) is 6.34. The van der Waals surface area contributed by atoms with Gasteiger partial charge in [-0.25, -0.2) is 0 Å². The Bertz CT molecular complexity index is 414. The molecule has 2 aliphatic rings. The summed E-state index contributed by atoms with van der Waals surface area (Å²) in [5.74, 6) is 0. The van der Waals surface area contributed by atoms with Gasteiger partial charge in [-0.15, -0.1) is 0 Å². The highest BCUT2D eigenvalue weighted by Gasteiger charge is 2.36. The molecule has 0 atom stereocenters. The Hall–Kier alpha value is -0.930. The van der Waals surface area contributed by atoms with Crippen LogP contribution in [-0.2, 0) is 13.1 Å². The van der Waals surface area contributed by atoms with Crippen LogP contribution in [0.2, 0.25) is 0 Å². The fourth-order valence-corrected chi connectivity index (χ4v) is 3.81. The van der Waals surface area contributed by atoms with Crippen molar-refractivity contribution in [2.75, 3.05) is 13.1 Å². The van der Waals surface area contributed by atoms with Gasteiger partial charge < -0.3 is 5.73 Å². The van der Waals surface area contributed by atoms with E-state index in [0.717, 1.165) is 17.7 Å². The summed E-state index contributed by atoms with van der Waals surface area (Å²) in [6, 6.07) is 4.28. The van der Waals surface area contributed by atoms with Gasteiger partial charge in [0.25, 0.3) is 0 Å². The van der Waals surface area contributed by atoms with E-state index in [-0.39, 0.29) is 0 Å². The Morgan fingerprint density at radius 2 is 1.89 bits per heavy atom. The van der Waals surface area contributed by atoms with Crippen molar-refractivity contribution in [3.63, 3.8) is 0 Å². The number of piperidine rings is 1. The minimum absolute atomic E-state index is 0.539. The number of hydrogen-bond donors (Lipinski definition) is 1. The highest BCUT2D eigenvalue weighted by molar-refractivity contribution is 5.16. The number of aromatic nitrogens is 1. The maximum atomic E-state index is 5.65. The van der Waals surface area contributed by atoms with Gasteiger partial charge in [-0.3, -0.25) is 9.88 Å². The molecule has 1 spiro atoms. The molecule has 2 fully saturated rings. The van der Waals surface area contributed by atoms with E-state index < -0.39 is 0 Å². The summed E-state index contributed by atoms with van der Waals surface area (Å²) in [4.78, 5) is 6.86. The Morgan fingerprint density at radius 1 is 1.16 bits per heavy atom. The van der Waals surface area contributed by atoms with E-state index in [9.17, 15) is 0 Å². The fourth-order valence-electron chi connectivity index (χ4n) is 3.81. The smallest absolute Gasteiger partial charge is 0.0542 e. The van der Waals surface area contributed by atoms with Crippen molar-refractivity contribution in [2.24, 2.45) is 11.1 Å². The molecule has 1 aromatic heterocycles. The lowest BCUT2D eigenvalue weighted by Crippen LogP contribution is -2.38. The van der Waals surface area contributed by atoms with Crippen LogP contribution in [0.25, 0.3) is 0 Å². The second kappa shape index (κ2) is 5.59. The number of hydrogen-bond acceptors (Lipinski definition) is 3. The van der Waals surface area contributed by atoms with E-state index in [4.69, 9.17) is 5.73 Å². The maximum Gasteiger partial charge on any atom is 0.0542 e. The van der Waals surface area contributed by atoms with Gasteiger partial charge in [0.05, 0.1) is 5.69 Å². The van der Waals surface area contributed by atoms with Crippen LogP contribution in [0.4, 0.5) is 0 Å². The molecule has 0 amide bonds. The quantitative estimate of drug-likeness (QED) is 0.907. The van der Waals surface area contributed by atoms with Gasteiger partial charge in [0.1, 0.15) is 0 Å². The first-order valence-electron chi connectivity index (χ1n) is 7.66. The van der Waals surface area contributed by atoms with Crippen molar-refractivity contribution in [3.05, 3.63) is 29.6 Å². The highest BCUT2D eigenvalue weighted by Crippen LogP contribution is 2.46. The topological polar surface area (TPSA) is 42.1 Å². The van der Waals surface area contributed by atoms with Gasteiger partial charge in [-0.2, -0.15) is 0 Å². The van der Waals surface area contributed by atoms with Crippen molar-refractivity contribution in [2.45, 2.75) is 51.6 Å². The summed E-state index contributed by atoms with van der Waals surface area (Å²) in [6.45, 7) is 4.13. The van der Waals surface area contributed by atoms with Crippen molar-refractivity contribution < 1.29 is 0 Å². The third-order valence-electron chi connectivity index (χ3n) is 5.08. The van der Waals surface area contributed by atoms with E-state index in [1.165, 1.54) is 57.2 Å². The molecule has 3 nitrogen and oxygen atoms in total. The summed E-state index contributed by atoms with van der Waals surface area (Å²) < 4.78 is 0. The third kappa shape index (κ3) is 2.98. The molecule has 1 saturated heterocycles. The summed E-state index contributed by atoms with van der Waals surface area (Å²) in [5.41, 5.74) is 8.73. The normalized spacial score (nSPS) is 23.0. The zero-order chi connectivity index (χ0) is 13.1. The average Bonchev–Trinajstić information content (AvgIpc) is 2.90. The Morgan fingerprint density at radius 3 is 2.58 bits per heavy atom. The minimum atomic E-state index is 0.539. The molecule has 1 aromatic rings. The minimum Gasteiger partial charge on any atom is -0.325 e. The molecule has 3 rings (SSSR count). The van der Waals surface area contributed by atoms with Crippen LogP contribution < -0.4 is 5.73 Å². The molecular weight excluding hydrogens is 234 g/mol. The molecule has 0 aromatic carbocycles. The summed E-state index contributed by atoms with van der Waals surface area (Å²) in [5, 5.41) is 0. The molecule has 2 heterocycles. The van der Waals surface area contributed by atoms with Gasteiger partial charge in [0, 0.05) is 19.3 Å². The standard InChI is InChI=1S/C16H25N3/c17-12-15-11-14(3-8-18-15)13-19-9-6-16(7-10-19)4-1-2-5-16/h3,8,11H,1-2,4-7,9-10,12-13,17H2. The average molecular weight is 259 g/mol. The molecule has 0 bridgehead atoms. The maximum absolute atomic E-state index is 5.65. The van der Waals surface area contributed by atoms with Gasteiger partial charge in [-0.1, -0.05) is 12.8 Å². The van der Waals surface area contributed by atoms with Crippen molar-refractivity contribution in [1.29, 1.82) is 0 Å². The Balaban J connectivity index is 1.56. The predicted octanol–water partition coefficient (Wildman–Crippen LogP) is 2.70. The highest BCUT2D eigenvalue weighted by atomic mass is 15.1. The van der Waals surface area contributed by atoms with E-state index in [1.807, 2.05) is 6.20 Å². The lowest BCUT2D eigenvalue weighted by molar-refractivity contribution is 0.103. The van der Waals surface area contributed by atoms with E-state index in [2.05, 4.69) is 22.0 Å². The number of nitrogens with zero attached hydrogens (tertiary/aromatic N) is 2. The summed E-state index contributed by atoms with van der Waals surface area (Å²) >= 11 is 0. The summed E-state index contributed by atoms with van der Waals surface area (Å²) in [6.07, 6.45) is 10.6. The molecule has 0 unspecified atom stereocenters. The predicted molar refractivity (Wildman–Crippen MR) is 77.5 cm³/mol. The van der Waals surface area contributed by atoms with Gasteiger partial charge in [-0.05, 0) is 61.9 Å². The number of rotatable bonds is 3. The van der Waals surface area contributed by atoms with Crippen LogP contribution in [0, 0.1) is 5.41 Å². The molecule has 19 heavy (non-hydrogen) atoms. The number of likely N-dealkylation sites (tertiary alicyclic amines) is 1. The molecule has 1 saturated carbocycles. The second-order valence-corrected chi connectivity index (χ2v) is 6.34. The molecule has 1 aliphatic carbocycles. The van der Waals surface area contributed by atoms with E-state index in [1.54, 1.807) is 0 Å². The van der Waals surface area contributed by atoms with Crippen LogP contribution in [0.3, 0.4) is 0 Å². The SMILES string of the molecule is NCc1cc(CN2CCC3(CCCC3)CC2)ccn1. The van der Waals surface area contributed by atoms with Crippen molar-refractivity contribution in [1.82, 2.24) is 9.88 Å². The Labute approximate surface area is 116 Å². The van der Waals surface area contributed by atoms with Crippen LogP contribution >= 0.6 is 0 Å². The van der Waals surface area contributed by atoms with Crippen LogP contribution in [0.1, 0.15) is 49.8 Å². The molecule has 1 aliphatic heterocycles. The number of pyridine rings is 1. The van der Waals surface area contributed by atoms with Crippen LogP contribution in [0.15, 0.2) is 18.3 Å². The zero-order valence-corrected chi connectivity index (χ0v) is 11.8. The van der Waals surface area contributed by atoms with Crippen LogP contribution in [0.5, 0.6) is 0 Å². The summed E-state index contributed by atoms with van der Waals surface area (Å²) in [7, 11) is 0. The van der Waals surface area contributed by atoms with Crippen molar-refractivity contribution >= 4 is 0 Å². The molecule has 3 heteroatoms. The van der Waals surface area contributed by atoms with Gasteiger partial charge >= 0.3 is 0 Å². The number of nitrogens with two attached hydrogens (primary N) is 1. The monoisotopic (exact) mass is 259 g/mol. The zero-order valence-electron chi connectivity index (χ0n) is 11.8. The lowest BCUT2D eigenvalue weighted by atomic mass is 9.77. The molecular formula is C16H25N3. The van der Waals surface area contributed by atoms with Gasteiger partial charge in [0.2, 0.25) is 0 Å². The molecule has 104 valence electrons.